The Hall–Kier alpha value is -3.51. The number of amides is 1. The fourth-order valence-corrected chi connectivity index (χ4v) is 4.42. The number of nitrogens with zero attached hydrogens (tertiary/aromatic N) is 2. The van der Waals surface area contributed by atoms with Crippen LogP contribution in [-0.4, -0.2) is 30.0 Å². The van der Waals surface area contributed by atoms with Gasteiger partial charge in [-0.3, -0.25) is 4.79 Å². The van der Waals surface area contributed by atoms with E-state index in [1.165, 1.54) is 0 Å². The van der Waals surface area contributed by atoms with Crippen molar-refractivity contribution in [1.29, 1.82) is 0 Å². The minimum Gasteiger partial charge on any atom is -0.452 e. The molecule has 0 bridgehead atoms. The van der Waals surface area contributed by atoms with Crippen LogP contribution in [-0.2, 0) is 16.0 Å². The number of carbonyl (C=O) groups excluding carboxylic acids is 2. The smallest absolute Gasteiger partial charge is 0.339 e. The van der Waals surface area contributed by atoms with Crippen LogP contribution in [0.15, 0.2) is 83.3 Å². The van der Waals surface area contributed by atoms with Crippen LogP contribution in [0.3, 0.4) is 0 Å². The van der Waals surface area contributed by atoms with Crippen LogP contribution >= 0.6 is 15.9 Å². The van der Waals surface area contributed by atoms with Crippen molar-refractivity contribution >= 4 is 44.4 Å². The molecular formula is C26H19BrN2O3. The third kappa shape index (κ3) is 3.89. The molecule has 3 aromatic carbocycles. The molecule has 5 rings (SSSR count). The van der Waals surface area contributed by atoms with E-state index in [0.717, 1.165) is 27.7 Å². The van der Waals surface area contributed by atoms with Gasteiger partial charge in [-0.1, -0.05) is 64.5 Å². The summed E-state index contributed by atoms with van der Waals surface area (Å²) in [5, 5.41) is 0.690. The second-order valence-corrected chi connectivity index (χ2v) is 8.50. The van der Waals surface area contributed by atoms with E-state index < -0.39 is 5.97 Å². The SMILES string of the molecule is O=C(OCC(=O)N1CCc2ccccc21)c1cc(-c2cccc(Br)c2)nc2ccccc12. The monoisotopic (exact) mass is 486 g/mol. The van der Waals surface area contributed by atoms with E-state index in [2.05, 4.69) is 15.9 Å². The number of aromatic nitrogens is 1. The number of fused-ring (bicyclic) bond motifs is 2. The van der Waals surface area contributed by atoms with Crippen LogP contribution in [0.2, 0.25) is 0 Å². The summed E-state index contributed by atoms with van der Waals surface area (Å²) < 4.78 is 6.39. The number of hydrogen-bond acceptors (Lipinski definition) is 4. The summed E-state index contributed by atoms with van der Waals surface area (Å²) in [5.74, 6) is -0.769. The third-order valence-corrected chi connectivity index (χ3v) is 6.06. The fraction of sp³-hybridized carbons (Fsp3) is 0.115. The number of para-hydroxylation sites is 2. The molecule has 32 heavy (non-hydrogen) atoms. The standard InChI is InChI=1S/C26H19BrN2O3/c27-19-8-5-7-18(14-19)23-15-21(20-9-2-3-10-22(20)28-23)26(31)32-16-25(30)29-13-12-17-6-1-4-11-24(17)29/h1-11,14-15H,12-13,16H2. The second-order valence-electron chi connectivity index (χ2n) is 7.58. The molecule has 0 aliphatic carbocycles. The highest BCUT2D eigenvalue weighted by Crippen LogP contribution is 2.29. The highest BCUT2D eigenvalue weighted by molar-refractivity contribution is 9.10. The normalized spacial score (nSPS) is 12.6. The van der Waals surface area contributed by atoms with Crippen LogP contribution in [0.1, 0.15) is 15.9 Å². The molecule has 0 saturated carbocycles. The molecule has 158 valence electrons. The van der Waals surface area contributed by atoms with Crippen molar-refractivity contribution in [3.63, 3.8) is 0 Å². The van der Waals surface area contributed by atoms with Gasteiger partial charge in [0.2, 0.25) is 0 Å². The number of ether oxygens (including phenoxy) is 1. The predicted molar refractivity (Wildman–Crippen MR) is 128 cm³/mol. The molecule has 1 aliphatic heterocycles. The summed E-state index contributed by atoms with van der Waals surface area (Å²) in [4.78, 5) is 32.2. The summed E-state index contributed by atoms with van der Waals surface area (Å²) in [6.45, 7) is 0.289. The summed E-state index contributed by atoms with van der Waals surface area (Å²) in [5.41, 5.74) is 4.64. The van der Waals surface area contributed by atoms with E-state index in [0.29, 0.717) is 28.7 Å². The number of hydrogen-bond donors (Lipinski definition) is 0. The Kier molecular flexibility index (Phi) is 5.45. The average Bonchev–Trinajstić information content (AvgIpc) is 3.26. The fourth-order valence-electron chi connectivity index (χ4n) is 4.02. The van der Waals surface area contributed by atoms with Gasteiger partial charge in [-0.25, -0.2) is 9.78 Å². The predicted octanol–water partition coefficient (Wildman–Crippen LogP) is 5.41. The van der Waals surface area contributed by atoms with Gasteiger partial charge >= 0.3 is 5.97 Å². The Morgan fingerprint density at radius 1 is 0.969 bits per heavy atom. The zero-order valence-electron chi connectivity index (χ0n) is 17.1. The van der Waals surface area contributed by atoms with Gasteiger partial charge in [0.05, 0.1) is 16.8 Å². The molecule has 1 aromatic heterocycles. The van der Waals surface area contributed by atoms with E-state index in [-0.39, 0.29) is 12.5 Å². The summed E-state index contributed by atoms with van der Waals surface area (Å²) >= 11 is 3.48. The van der Waals surface area contributed by atoms with Crippen LogP contribution in [0, 0.1) is 0 Å². The van der Waals surface area contributed by atoms with Crippen molar-refractivity contribution in [3.05, 3.63) is 94.5 Å². The van der Waals surface area contributed by atoms with Gasteiger partial charge in [0.1, 0.15) is 0 Å². The van der Waals surface area contributed by atoms with Crippen LogP contribution in [0.4, 0.5) is 5.69 Å². The summed E-state index contributed by atoms with van der Waals surface area (Å²) in [7, 11) is 0. The Balaban J connectivity index is 1.41. The number of carbonyl (C=O) groups is 2. The molecule has 5 nitrogen and oxygen atoms in total. The van der Waals surface area contributed by atoms with Gasteiger partial charge in [0.25, 0.3) is 5.91 Å². The molecule has 0 atom stereocenters. The maximum atomic E-state index is 13.0. The van der Waals surface area contributed by atoms with Gasteiger partial charge in [-0.05, 0) is 42.3 Å². The van der Waals surface area contributed by atoms with Crippen molar-refractivity contribution in [2.45, 2.75) is 6.42 Å². The van der Waals surface area contributed by atoms with Crippen molar-refractivity contribution in [1.82, 2.24) is 4.98 Å². The molecule has 0 spiro atoms. The quantitative estimate of drug-likeness (QED) is 0.361. The highest BCUT2D eigenvalue weighted by Gasteiger charge is 2.25. The number of rotatable bonds is 4. The van der Waals surface area contributed by atoms with E-state index in [1.54, 1.807) is 11.0 Å². The first-order valence-electron chi connectivity index (χ1n) is 10.3. The first-order chi connectivity index (χ1) is 15.6. The molecule has 0 unspecified atom stereocenters. The molecule has 1 aliphatic rings. The largest absolute Gasteiger partial charge is 0.452 e. The Labute approximate surface area is 193 Å². The minimum atomic E-state index is -0.541. The van der Waals surface area contributed by atoms with Crippen LogP contribution in [0.5, 0.6) is 0 Å². The second kappa shape index (κ2) is 8.55. The number of benzene rings is 3. The molecule has 4 aromatic rings. The minimum absolute atomic E-state index is 0.228. The molecule has 0 fully saturated rings. The number of pyridine rings is 1. The Bertz CT molecular complexity index is 1350. The first kappa shape index (κ1) is 20.4. The maximum absolute atomic E-state index is 13.0. The molecule has 0 saturated heterocycles. The molecule has 2 heterocycles. The first-order valence-corrected chi connectivity index (χ1v) is 11.1. The van der Waals surface area contributed by atoms with Crippen molar-refractivity contribution in [2.75, 3.05) is 18.1 Å². The zero-order chi connectivity index (χ0) is 22.1. The number of esters is 1. The van der Waals surface area contributed by atoms with Gasteiger partial charge in [0.15, 0.2) is 6.61 Å². The lowest BCUT2D eigenvalue weighted by atomic mass is 10.0. The van der Waals surface area contributed by atoms with Gasteiger partial charge in [-0.15, -0.1) is 0 Å². The molecule has 0 N–H and O–H groups in total. The number of anilines is 1. The van der Waals surface area contributed by atoms with Gasteiger partial charge in [-0.2, -0.15) is 0 Å². The molecule has 0 radical (unpaired) electrons. The summed E-state index contributed by atoms with van der Waals surface area (Å²) in [6.07, 6.45) is 0.806. The Morgan fingerprint density at radius 2 is 1.78 bits per heavy atom. The van der Waals surface area contributed by atoms with Gasteiger partial charge < -0.3 is 9.64 Å². The lowest BCUT2D eigenvalue weighted by molar-refractivity contribution is -0.121. The van der Waals surface area contributed by atoms with E-state index in [4.69, 9.17) is 9.72 Å². The lowest BCUT2D eigenvalue weighted by Gasteiger charge is -2.17. The van der Waals surface area contributed by atoms with E-state index in [9.17, 15) is 9.59 Å². The topological polar surface area (TPSA) is 59.5 Å². The highest BCUT2D eigenvalue weighted by atomic mass is 79.9. The van der Waals surface area contributed by atoms with Crippen molar-refractivity contribution in [3.8, 4) is 11.3 Å². The third-order valence-electron chi connectivity index (χ3n) is 5.57. The van der Waals surface area contributed by atoms with Crippen LogP contribution in [0.25, 0.3) is 22.2 Å². The average molecular weight is 487 g/mol. The summed E-state index contributed by atoms with van der Waals surface area (Å²) in [6, 6.07) is 24.7. The van der Waals surface area contributed by atoms with E-state index in [1.807, 2.05) is 72.8 Å². The molecule has 1 amide bonds. The van der Waals surface area contributed by atoms with Crippen LogP contribution < -0.4 is 4.90 Å². The van der Waals surface area contributed by atoms with E-state index >= 15 is 0 Å². The molecule has 6 heteroatoms. The Morgan fingerprint density at radius 3 is 2.66 bits per heavy atom. The van der Waals surface area contributed by atoms with Crippen molar-refractivity contribution < 1.29 is 14.3 Å². The van der Waals surface area contributed by atoms with Crippen molar-refractivity contribution in [2.24, 2.45) is 0 Å². The lowest BCUT2D eigenvalue weighted by Crippen LogP contribution is -2.33. The molecular weight excluding hydrogens is 468 g/mol. The zero-order valence-corrected chi connectivity index (χ0v) is 18.7. The maximum Gasteiger partial charge on any atom is 0.339 e. The number of halogens is 1. The van der Waals surface area contributed by atoms with Gasteiger partial charge in [0, 0.05) is 27.7 Å².